The summed E-state index contributed by atoms with van der Waals surface area (Å²) in [5, 5.41) is 4.84. The number of nitrogens with zero attached hydrogens (tertiary/aromatic N) is 2. The molecule has 1 N–H and O–H groups in total. The largest absolute Gasteiger partial charge is 0.458 e. The van der Waals surface area contributed by atoms with Gasteiger partial charge in [-0.2, -0.15) is 0 Å². The van der Waals surface area contributed by atoms with E-state index in [0.29, 0.717) is 17.0 Å². The van der Waals surface area contributed by atoms with Gasteiger partial charge in [0.05, 0.1) is 16.0 Å². The number of carbonyl (C=O) groups excluding carboxylic acids is 2. The maximum absolute atomic E-state index is 12.9. The maximum atomic E-state index is 12.9. The van der Waals surface area contributed by atoms with Crippen LogP contribution in [0.3, 0.4) is 0 Å². The van der Waals surface area contributed by atoms with Crippen LogP contribution in [0.25, 0.3) is 16.4 Å². The number of hydrogen-bond donors (Lipinski definition) is 1. The smallest absolute Gasteiger partial charge is 0.344 e. The zero-order valence-corrected chi connectivity index (χ0v) is 20.8. The van der Waals surface area contributed by atoms with Crippen molar-refractivity contribution in [2.24, 2.45) is 0 Å². The number of esters is 2. The molecule has 5 rings (SSSR count). The van der Waals surface area contributed by atoms with Gasteiger partial charge >= 0.3 is 11.9 Å². The molecule has 1 aliphatic rings. The molecule has 2 aromatic heterocycles. The number of nitrogens with one attached hydrogen (secondary N) is 1. The minimum absolute atomic E-state index is 0.415. The fraction of sp³-hybridized carbons (Fsp3) is 0.286. The third-order valence-electron chi connectivity index (χ3n) is 6.98. The van der Waals surface area contributed by atoms with Gasteiger partial charge in [0.15, 0.2) is 6.61 Å². The second-order valence-electron chi connectivity index (χ2n) is 8.99. The van der Waals surface area contributed by atoms with Crippen LogP contribution < -0.4 is 5.32 Å². The summed E-state index contributed by atoms with van der Waals surface area (Å²) in [6.45, 7) is -0.471. The minimum Gasteiger partial charge on any atom is -0.458 e. The Morgan fingerprint density at radius 3 is 2.83 bits per heavy atom. The summed E-state index contributed by atoms with van der Waals surface area (Å²) < 4.78 is 13.3. The number of fused-ring (bicyclic) bond motifs is 2. The SMILES string of the molecule is CNC(=S)[C@]1(c2ccc3nccn3c2)CCCC[C@H]1OC(=O)COC(=O)c1cccc2ccccc12. The molecule has 1 fully saturated rings. The second kappa shape index (κ2) is 10.1. The van der Waals surface area contributed by atoms with Crippen molar-refractivity contribution in [3.8, 4) is 0 Å². The normalized spacial score (nSPS) is 19.6. The first kappa shape index (κ1) is 23.9. The van der Waals surface area contributed by atoms with Crippen LogP contribution in [0.5, 0.6) is 0 Å². The summed E-state index contributed by atoms with van der Waals surface area (Å²) in [6.07, 6.45) is 8.39. The van der Waals surface area contributed by atoms with Gasteiger partial charge in [-0.25, -0.2) is 14.6 Å². The third kappa shape index (κ3) is 4.33. The first-order valence-electron chi connectivity index (χ1n) is 12.0. The van der Waals surface area contributed by atoms with E-state index < -0.39 is 30.1 Å². The quantitative estimate of drug-likeness (QED) is 0.305. The van der Waals surface area contributed by atoms with Crippen molar-refractivity contribution in [3.63, 3.8) is 0 Å². The van der Waals surface area contributed by atoms with E-state index in [4.69, 9.17) is 21.7 Å². The highest BCUT2D eigenvalue weighted by Crippen LogP contribution is 2.42. The molecule has 0 radical (unpaired) electrons. The van der Waals surface area contributed by atoms with Gasteiger partial charge in [-0.05, 0) is 47.7 Å². The number of imidazole rings is 1. The Morgan fingerprint density at radius 2 is 1.97 bits per heavy atom. The predicted octanol–water partition coefficient (Wildman–Crippen LogP) is 4.61. The van der Waals surface area contributed by atoms with Crippen LogP contribution in [0.2, 0.25) is 0 Å². The molecule has 0 bridgehead atoms. The van der Waals surface area contributed by atoms with Crippen LogP contribution in [0.15, 0.2) is 73.2 Å². The lowest BCUT2D eigenvalue weighted by Crippen LogP contribution is -2.54. The van der Waals surface area contributed by atoms with Crippen LogP contribution >= 0.6 is 12.2 Å². The summed E-state index contributed by atoms with van der Waals surface area (Å²) >= 11 is 5.80. The summed E-state index contributed by atoms with van der Waals surface area (Å²) in [5.74, 6) is -1.16. The number of rotatable bonds is 6. The van der Waals surface area contributed by atoms with Crippen LogP contribution in [0, 0.1) is 0 Å². The monoisotopic (exact) mass is 501 g/mol. The van der Waals surface area contributed by atoms with E-state index >= 15 is 0 Å². The topological polar surface area (TPSA) is 81.9 Å². The van der Waals surface area contributed by atoms with Gasteiger partial charge in [0.25, 0.3) is 0 Å². The molecule has 1 aliphatic carbocycles. The van der Waals surface area contributed by atoms with Crippen LogP contribution in [0.1, 0.15) is 41.6 Å². The molecule has 0 spiro atoms. The van der Waals surface area contributed by atoms with Crippen molar-refractivity contribution in [3.05, 3.63) is 84.3 Å². The molecule has 184 valence electrons. The Hall–Kier alpha value is -3.78. The predicted molar refractivity (Wildman–Crippen MR) is 141 cm³/mol. The highest BCUT2D eigenvalue weighted by Gasteiger charge is 2.48. The van der Waals surface area contributed by atoms with E-state index in [2.05, 4.69) is 10.3 Å². The van der Waals surface area contributed by atoms with Gasteiger partial charge in [0, 0.05) is 25.6 Å². The number of ether oxygens (including phenoxy) is 2. The molecule has 1 saturated carbocycles. The lowest BCUT2D eigenvalue weighted by Gasteiger charge is -2.44. The molecule has 7 nitrogen and oxygen atoms in total. The minimum atomic E-state index is -0.684. The molecule has 0 saturated heterocycles. The molecule has 2 atom stereocenters. The highest BCUT2D eigenvalue weighted by molar-refractivity contribution is 7.80. The Labute approximate surface area is 214 Å². The molecular formula is C28H27N3O4S. The third-order valence-corrected chi connectivity index (χ3v) is 7.55. The highest BCUT2D eigenvalue weighted by atomic mass is 32.1. The van der Waals surface area contributed by atoms with E-state index in [0.717, 1.165) is 41.2 Å². The summed E-state index contributed by atoms with van der Waals surface area (Å²) in [5.41, 5.74) is 1.51. The summed E-state index contributed by atoms with van der Waals surface area (Å²) in [4.78, 5) is 30.7. The number of pyridine rings is 1. The van der Waals surface area contributed by atoms with Crippen LogP contribution in [0.4, 0.5) is 0 Å². The Balaban J connectivity index is 1.36. The Kier molecular flexibility index (Phi) is 6.69. The molecule has 0 aliphatic heterocycles. The van der Waals surface area contributed by atoms with Crippen LogP contribution in [-0.4, -0.2) is 46.1 Å². The zero-order valence-electron chi connectivity index (χ0n) is 20.0. The van der Waals surface area contributed by atoms with Crippen LogP contribution in [-0.2, 0) is 19.7 Å². The zero-order chi connectivity index (χ0) is 25.1. The molecule has 2 heterocycles. The van der Waals surface area contributed by atoms with Crippen molar-refractivity contribution >= 4 is 45.6 Å². The molecule has 0 unspecified atom stereocenters. The summed E-state index contributed by atoms with van der Waals surface area (Å²) in [6, 6.07) is 16.9. The average Bonchev–Trinajstić information content (AvgIpc) is 3.39. The Morgan fingerprint density at radius 1 is 1.14 bits per heavy atom. The van der Waals surface area contributed by atoms with Crippen molar-refractivity contribution < 1.29 is 19.1 Å². The standard InChI is InChI=1S/C28H27N3O4S/c1-29-27(36)28(20-12-13-24-30-15-16-31(24)17-20)14-5-4-11-23(28)35-25(32)18-34-26(33)22-10-6-8-19-7-2-3-9-21(19)22/h2-3,6-10,12-13,15-17,23H,4-5,11,14,18H2,1H3,(H,29,36)/t23-,28+/m1/s1. The lowest BCUT2D eigenvalue weighted by atomic mass is 9.67. The molecule has 8 heteroatoms. The van der Waals surface area contributed by atoms with Gasteiger partial charge in [-0.3, -0.25) is 0 Å². The molecular weight excluding hydrogens is 474 g/mol. The van der Waals surface area contributed by atoms with Crippen molar-refractivity contribution in [2.75, 3.05) is 13.7 Å². The molecule has 36 heavy (non-hydrogen) atoms. The van der Waals surface area contributed by atoms with Crippen molar-refractivity contribution in [2.45, 2.75) is 37.2 Å². The molecule has 2 aromatic carbocycles. The van der Waals surface area contributed by atoms with Gasteiger partial charge in [0.2, 0.25) is 0 Å². The van der Waals surface area contributed by atoms with Crippen molar-refractivity contribution in [1.82, 2.24) is 14.7 Å². The molecule has 0 amide bonds. The first-order chi connectivity index (χ1) is 17.5. The van der Waals surface area contributed by atoms with E-state index in [1.165, 1.54) is 0 Å². The van der Waals surface area contributed by atoms with E-state index in [-0.39, 0.29) is 0 Å². The fourth-order valence-corrected chi connectivity index (χ4v) is 5.58. The number of thiocarbonyl (C=S) groups is 1. The number of aromatic nitrogens is 2. The number of carbonyl (C=O) groups is 2. The van der Waals surface area contributed by atoms with Gasteiger partial charge in [-0.15, -0.1) is 0 Å². The fourth-order valence-electron chi connectivity index (χ4n) is 5.23. The van der Waals surface area contributed by atoms with E-state index in [1.807, 2.05) is 59.3 Å². The summed E-state index contributed by atoms with van der Waals surface area (Å²) in [7, 11) is 1.79. The Bertz CT molecular complexity index is 1440. The number of hydrogen-bond acceptors (Lipinski definition) is 6. The first-order valence-corrected chi connectivity index (χ1v) is 12.4. The number of likely N-dealkylation sites (N-methyl/N-ethyl adjacent to an activating group) is 1. The average molecular weight is 502 g/mol. The molecule has 4 aromatic rings. The van der Waals surface area contributed by atoms with Crippen molar-refractivity contribution in [1.29, 1.82) is 0 Å². The van der Waals surface area contributed by atoms with E-state index in [9.17, 15) is 9.59 Å². The van der Waals surface area contributed by atoms with E-state index in [1.54, 1.807) is 25.4 Å². The lowest BCUT2D eigenvalue weighted by molar-refractivity contribution is -0.156. The maximum Gasteiger partial charge on any atom is 0.344 e. The second-order valence-corrected chi connectivity index (χ2v) is 9.40. The van der Waals surface area contributed by atoms with Gasteiger partial charge in [-0.1, -0.05) is 61.1 Å². The van der Waals surface area contributed by atoms with Gasteiger partial charge in [0.1, 0.15) is 11.8 Å². The van der Waals surface area contributed by atoms with Gasteiger partial charge < -0.3 is 19.2 Å². The number of benzene rings is 2.